The Morgan fingerprint density at radius 3 is 1.65 bits per heavy atom. The molecule has 8 heteroatoms. The van der Waals surface area contributed by atoms with Crippen LogP contribution in [0.5, 0.6) is 0 Å². The Balaban J connectivity index is 3.78. The predicted octanol–water partition coefficient (Wildman–Crippen LogP) is 1.56. The van der Waals surface area contributed by atoms with Crippen molar-refractivity contribution >= 4 is 27.9 Å². The van der Waals surface area contributed by atoms with Crippen LogP contribution in [0.3, 0.4) is 0 Å². The molecule has 0 rings (SSSR count). The van der Waals surface area contributed by atoms with Crippen LogP contribution in [0.2, 0.25) is 0 Å². The summed E-state index contributed by atoms with van der Waals surface area (Å²) in [5.74, 6) is -2.09. The largest absolute Gasteiger partial charge is 0.465 e. The minimum absolute atomic E-state index is 0.223. The van der Waals surface area contributed by atoms with Gasteiger partial charge in [-0.15, -0.1) is 0 Å². The summed E-state index contributed by atoms with van der Waals surface area (Å²) in [7, 11) is 0. The van der Waals surface area contributed by atoms with Gasteiger partial charge in [-0.05, 0) is 20.3 Å². The molecule has 0 bridgehead atoms. The lowest BCUT2D eigenvalue weighted by atomic mass is 10.1. The lowest BCUT2D eigenvalue weighted by molar-refractivity contribution is -0.162. The quantitative estimate of drug-likeness (QED) is 0.179. The van der Waals surface area contributed by atoms with E-state index >= 15 is 0 Å². The van der Waals surface area contributed by atoms with Crippen molar-refractivity contribution in [2.45, 2.75) is 20.3 Å². The van der Waals surface area contributed by atoms with E-state index in [1.165, 1.54) is 0 Å². The minimum Gasteiger partial charge on any atom is -0.465 e. The zero-order valence-corrected chi connectivity index (χ0v) is 15.5. The van der Waals surface area contributed by atoms with Gasteiger partial charge in [-0.25, -0.2) is 0 Å². The number of rotatable bonds is 15. The van der Waals surface area contributed by atoms with Crippen LogP contribution in [0.1, 0.15) is 20.3 Å². The van der Waals surface area contributed by atoms with E-state index in [2.05, 4.69) is 15.9 Å². The van der Waals surface area contributed by atoms with Crippen LogP contribution in [0.25, 0.3) is 0 Å². The van der Waals surface area contributed by atoms with E-state index in [9.17, 15) is 9.59 Å². The van der Waals surface area contributed by atoms with Crippen LogP contribution < -0.4 is 0 Å². The van der Waals surface area contributed by atoms with Crippen LogP contribution in [0, 0.1) is 5.92 Å². The molecule has 0 N–H and O–H groups in total. The van der Waals surface area contributed by atoms with E-state index in [-0.39, 0.29) is 26.2 Å². The molecule has 0 saturated heterocycles. The van der Waals surface area contributed by atoms with Crippen LogP contribution in [0.15, 0.2) is 0 Å². The minimum atomic E-state index is -0.937. The maximum Gasteiger partial charge on any atom is 0.320 e. The van der Waals surface area contributed by atoms with Gasteiger partial charge < -0.3 is 23.7 Å². The number of esters is 2. The Morgan fingerprint density at radius 1 is 0.783 bits per heavy atom. The molecule has 0 fully saturated rings. The highest BCUT2D eigenvalue weighted by Crippen LogP contribution is 2.09. The van der Waals surface area contributed by atoms with Crippen molar-refractivity contribution in [1.29, 1.82) is 0 Å². The molecule has 0 aromatic rings. The fourth-order valence-corrected chi connectivity index (χ4v) is 1.84. The van der Waals surface area contributed by atoms with Gasteiger partial charge in [-0.1, -0.05) is 15.9 Å². The number of alkyl halides is 1. The van der Waals surface area contributed by atoms with Crippen molar-refractivity contribution in [3.63, 3.8) is 0 Å². The van der Waals surface area contributed by atoms with Crippen molar-refractivity contribution in [1.82, 2.24) is 0 Å². The summed E-state index contributed by atoms with van der Waals surface area (Å²) in [6.07, 6.45) is 0.228. The topological polar surface area (TPSA) is 80.3 Å². The summed E-state index contributed by atoms with van der Waals surface area (Å²) in [6, 6.07) is 0. The van der Waals surface area contributed by atoms with Crippen molar-refractivity contribution in [2.75, 3.05) is 58.2 Å². The van der Waals surface area contributed by atoms with Gasteiger partial charge in [0.2, 0.25) is 0 Å². The number of carbonyl (C=O) groups is 2. The van der Waals surface area contributed by atoms with Crippen molar-refractivity contribution < 1.29 is 33.3 Å². The smallest absolute Gasteiger partial charge is 0.320 e. The zero-order valence-electron chi connectivity index (χ0n) is 13.9. The fraction of sp³-hybridized carbons (Fsp3) is 0.867. The first-order valence-electron chi connectivity index (χ1n) is 7.79. The number of hydrogen-bond donors (Lipinski definition) is 0. The molecule has 23 heavy (non-hydrogen) atoms. The maximum atomic E-state index is 11.7. The number of hydrogen-bond acceptors (Lipinski definition) is 7. The summed E-state index contributed by atoms with van der Waals surface area (Å²) < 4.78 is 25.6. The number of halogens is 1. The normalized spacial score (nSPS) is 10.8. The number of carbonyl (C=O) groups excluding carboxylic acids is 2. The first-order chi connectivity index (χ1) is 11.2. The molecule has 0 aliphatic carbocycles. The molecule has 0 saturated carbocycles. The van der Waals surface area contributed by atoms with Crippen LogP contribution in [-0.2, 0) is 33.3 Å². The second-order valence-corrected chi connectivity index (χ2v) is 5.16. The molecule has 136 valence electrons. The third-order valence-electron chi connectivity index (χ3n) is 2.66. The van der Waals surface area contributed by atoms with Crippen LogP contribution in [0.4, 0.5) is 0 Å². The van der Waals surface area contributed by atoms with E-state index < -0.39 is 17.9 Å². The number of ether oxygens (including phenoxy) is 5. The van der Waals surface area contributed by atoms with Crippen molar-refractivity contribution in [3.05, 3.63) is 0 Å². The predicted molar refractivity (Wildman–Crippen MR) is 87.6 cm³/mol. The van der Waals surface area contributed by atoms with Gasteiger partial charge >= 0.3 is 11.9 Å². The molecular formula is C15H27BrO7. The molecule has 0 aliphatic heterocycles. The standard InChI is InChI=1S/C15H27BrO7/c1-3-22-14(17)13(15(18)23-4-2)5-7-19-9-11-21-12-10-20-8-6-16/h13H,3-12H2,1-2H3. The molecular weight excluding hydrogens is 372 g/mol. The molecule has 7 nitrogen and oxygen atoms in total. The van der Waals surface area contributed by atoms with E-state index in [1.807, 2.05) is 0 Å². The molecule has 0 aromatic heterocycles. The SMILES string of the molecule is CCOC(=O)C(CCOCCOCCOCCBr)C(=O)OCC. The fourth-order valence-electron chi connectivity index (χ4n) is 1.62. The summed E-state index contributed by atoms with van der Waals surface area (Å²) in [5.41, 5.74) is 0. The molecule has 0 heterocycles. The van der Waals surface area contributed by atoms with E-state index in [1.54, 1.807) is 13.8 Å². The van der Waals surface area contributed by atoms with E-state index in [0.717, 1.165) is 5.33 Å². The van der Waals surface area contributed by atoms with Crippen LogP contribution >= 0.6 is 15.9 Å². The highest BCUT2D eigenvalue weighted by Gasteiger charge is 2.29. The molecule has 0 unspecified atom stereocenters. The van der Waals surface area contributed by atoms with Gasteiger partial charge in [0.1, 0.15) is 0 Å². The highest BCUT2D eigenvalue weighted by atomic mass is 79.9. The van der Waals surface area contributed by atoms with Gasteiger partial charge in [-0.2, -0.15) is 0 Å². The zero-order chi connectivity index (χ0) is 17.3. The first kappa shape index (κ1) is 22.3. The maximum absolute atomic E-state index is 11.7. The Bertz CT molecular complexity index is 294. The summed E-state index contributed by atoms with van der Waals surface area (Å²) in [4.78, 5) is 23.5. The Hall–Kier alpha value is -0.700. The molecule has 0 aliphatic rings. The van der Waals surface area contributed by atoms with Crippen LogP contribution in [-0.4, -0.2) is 70.1 Å². The Labute approximate surface area is 146 Å². The van der Waals surface area contributed by atoms with Crippen molar-refractivity contribution in [3.8, 4) is 0 Å². The lowest BCUT2D eigenvalue weighted by Crippen LogP contribution is -2.29. The second kappa shape index (κ2) is 16.2. The molecule has 0 amide bonds. The van der Waals surface area contributed by atoms with Crippen molar-refractivity contribution in [2.24, 2.45) is 5.92 Å². The molecule has 0 atom stereocenters. The lowest BCUT2D eigenvalue weighted by Gasteiger charge is -2.14. The van der Waals surface area contributed by atoms with E-state index in [4.69, 9.17) is 23.7 Å². The monoisotopic (exact) mass is 398 g/mol. The molecule has 0 spiro atoms. The Morgan fingerprint density at radius 2 is 1.22 bits per heavy atom. The van der Waals surface area contributed by atoms with E-state index in [0.29, 0.717) is 33.0 Å². The summed E-state index contributed by atoms with van der Waals surface area (Å²) in [6.45, 7) is 6.60. The average Bonchev–Trinajstić information content (AvgIpc) is 2.53. The first-order valence-corrected chi connectivity index (χ1v) is 8.91. The average molecular weight is 399 g/mol. The van der Waals surface area contributed by atoms with Gasteiger partial charge in [0, 0.05) is 11.9 Å². The van der Waals surface area contributed by atoms with Gasteiger partial charge in [0.05, 0.1) is 46.2 Å². The van der Waals surface area contributed by atoms with Gasteiger partial charge in [-0.3, -0.25) is 9.59 Å². The summed E-state index contributed by atoms with van der Waals surface area (Å²) >= 11 is 3.26. The third kappa shape index (κ3) is 12.4. The Kier molecular flexibility index (Phi) is 15.7. The molecule has 0 aromatic carbocycles. The van der Waals surface area contributed by atoms with Gasteiger partial charge in [0.15, 0.2) is 5.92 Å². The highest BCUT2D eigenvalue weighted by molar-refractivity contribution is 9.09. The van der Waals surface area contributed by atoms with Gasteiger partial charge in [0.25, 0.3) is 0 Å². The molecule has 0 radical (unpaired) electrons. The summed E-state index contributed by atoms with van der Waals surface area (Å²) in [5, 5.41) is 0.804. The second-order valence-electron chi connectivity index (χ2n) is 4.37. The third-order valence-corrected chi connectivity index (χ3v) is 2.98.